The van der Waals surface area contributed by atoms with Crippen LogP contribution in [0.4, 0.5) is 0 Å². The van der Waals surface area contributed by atoms with Gasteiger partial charge in [-0.15, -0.1) is 0 Å². The summed E-state index contributed by atoms with van der Waals surface area (Å²) < 4.78 is 1.87. The van der Waals surface area contributed by atoms with Gasteiger partial charge in [-0.3, -0.25) is 4.68 Å². The van der Waals surface area contributed by atoms with Crippen molar-refractivity contribution >= 4 is 5.96 Å². The van der Waals surface area contributed by atoms with Crippen molar-refractivity contribution < 1.29 is 0 Å². The van der Waals surface area contributed by atoms with Gasteiger partial charge < -0.3 is 10.6 Å². The average molecular weight is 354 g/mol. The van der Waals surface area contributed by atoms with Crippen molar-refractivity contribution in [2.75, 3.05) is 13.1 Å². The van der Waals surface area contributed by atoms with Crippen LogP contribution >= 0.6 is 0 Å². The summed E-state index contributed by atoms with van der Waals surface area (Å²) in [6, 6.07) is 11.0. The molecule has 2 aromatic rings. The van der Waals surface area contributed by atoms with Crippen LogP contribution in [0.3, 0.4) is 0 Å². The normalized spacial score (nSPS) is 16.7. The Balaban J connectivity index is 1.72. The number of rotatable bonds is 6. The maximum absolute atomic E-state index is 4.75. The van der Waals surface area contributed by atoms with Crippen LogP contribution in [0.2, 0.25) is 0 Å². The molecule has 1 heterocycles. The molecule has 1 aromatic heterocycles. The molecule has 1 aliphatic rings. The average Bonchev–Trinajstić information content (AvgIpc) is 3.27. The molecule has 0 spiro atoms. The molecule has 0 aliphatic heterocycles. The van der Waals surface area contributed by atoms with Gasteiger partial charge in [0, 0.05) is 31.7 Å². The molecule has 1 fully saturated rings. The molecular weight excluding hydrogens is 322 g/mol. The number of aliphatic imine (C=N–C) groups is 1. The van der Waals surface area contributed by atoms with Crippen LogP contribution in [-0.2, 0) is 19.0 Å². The number of guanidine groups is 1. The first-order valence-corrected chi connectivity index (χ1v) is 9.69. The number of aromatic nitrogens is 2. The standard InChI is InChI=1S/C21H31N5/c1-4-22-20(23-15-19-10-13-25-26(19)3)24-16-21(11-5-6-12-21)18-9-7-8-17(2)14-18/h7-10,13-14H,4-6,11-12,15-16H2,1-3H3,(H2,22,23,24). The second kappa shape index (κ2) is 8.39. The van der Waals surface area contributed by atoms with Crippen LogP contribution in [-0.4, -0.2) is 28.8 Å². The Labute approximate surface area is 156 Å². The fourth-order valence-corrected chi connectivity index (χ4v) is 3.91. The highest BCUT2D eigenvalue weighted by Gasteiger charge is 2.35. The van der Waals surface area contributed by atoms with Crippen molar-refractivity contribution in [3.63, 3.8) is 0 Å². The maximum Gasteiger partial charge on any atom is 0.191 e. The predicted molar refractivity (Wildman–Crippen MR) is 107 cm³/mol. The van der Waals surface area contributed by atoms with Crippen molar-refractivity contribution in [2.24, 2.45) is 12.0 Å². The van der Waals surface area contributed by atoms with Crippen LogP contribution in [0.1, 0.15) is 49.4 Å². The van der Waals surface area contributed by atoms with Crippen molar-refractivity contribution in [1.29, 1.82) is 0 Å². The second-order valence-electron chi connectivity index (χ2n) is 7.35. The van der Waals surface area contributed by atoms with Crippen molar-refractivity contribution in [1.82, 2.24) is 20.4 Å². The van der Waals surface area contributed by atoms with Crippen LogP contribution in [0.5, 0.6) is 0 Å². The number of hydrogen-bond acceptors (Lipinski definition) is 2. The van der Waals surface area contributed by atoms with Crippen LogP contribution in [0, 0.1) is 6.92 Å². The molecule has 0 radical (unpaired) electrons. The van der Waals surface area contributed by atoms with E-state index in [2.05, 4.69) is 53.8 Å². The summed E-state index contributed by atoms with van der Waals surface area (Å²) in [4.78, 5) is 4.75. The van der Waals surface area contributed by atoms with E-state index in [4.69, 9.17) is 4.99 Å². The van der Waals surface area contributed by atoms with Gasteiger partial charge in [-0.25, -0.2) is 4.99 Å². The molecule has 1 aliphatic carbocycles. The van der Waals surface area contributed by atoms with Gasteiger partial charge in [0.2, 0.25) is 0 Å². The van der Waals surface area contributed by atoms with Gasteiger partial charge in [0.25, 0.3) is 0 Å². The first-order chi connectivity index (χ1) is 12.6. The lowest BCUT2D eigenvalue weighted by Crippen LogP contribution is -2.44. The summed E-state index contributed by atoms with van der Waals surface area (Å²) in [5.41, 5.74) is 4.13. The van der Waals surface area contributed by atoms with Gasteiger partial charge >= 0.3 is 0 Å². The van der Waals surface area contributed by atoms with Gasteiger partial charge in [0.05, 0.1) is 12.2 Å². The van der Waals surface area contributed by atoms with E-state index in [-0.39, 0.29) is 5.41 Å². The summed E-state index contributed by atoms with van der Waals surface area (Å²) in [7, 11) is 1.95. The topological polar surface area (TPSA) is 54.2 Å². The molecule has 0 unspecified atom stereocenters. The molecule has 0 bridgehead atoms. The molecular formula is C21H31N5. The molecule has 3 rings (SSSR count). The van der Waals surface area contributed by atoms with E-state index >= 15 is 0 Å². The Morgan fingerprint density at radius 3 is 2.69 bits per heavy atom. The molecule has 5 heteroatoms. The summed E-state index contributed by atoms with van der Waals surface area (Å²) in [6.07, 6.45) is 6.91. The Bertz CT molecular complexity index is 740. The van der Waals surface area contributed by atoms with E-state index in [1.54, 1.807) is 0 Å². The fourth-order valence-electron chi connectivity index (χ4n) is 3.91. The molecule has 0 saturated heterocycles. The summed E-state index contributed by atoms with van der Waals surface area (Å²) in [5, 5.41) is 11.2. The predicted octanol–water partition coefficient (Wildman–Crippen LogP) is 3.30. The minimum atomic E-state index is 0.217. The lowest BCUT2D eigenvalue weighted by molar-refractivity contribution is 0.431. The zero-order valence-corrected chi connectivity index (χ0v) is 16.3. The first kappa shape index (κ1) is 18.5. The number of nitrogens with zero attached hydrogens (tertiary/aromatic N) is 3. The largest absolute Gasteiger partial charge is 0.357 e. The zero-order chi connectivity index (χ0) is 18.4. The highest BCUT2D eigenvalue weighted by atomic mass is 15.3. The van der Waals surface area contributed by atoms with Gasteiger partial charge in [0.1, 0.15) is 0 Å². The van der Waals surface area contributed by atoms with Crippen molar-refractivity contribution in [2.45, 2.75) is 51.5 Å². The molecule has 26 heavy (non-hydrogen) atoms. The third-order valence-electron chi connectivity index (χ3n) is 5.45. The molecule has 140 valence electrons. The van der Waals surface area contributed by atoms with Gasteiger partial charge in [-0.2, -0.15) is 5.10 Å². The first-order valence-electron chi connectivity index (χ1n) is 9.69. The molecule has 1 saturated carbocycles. The van der Waals surface area contributed by atoms with Gasteiger partial charge in [0.15, 0.2) is 5.96 Å². The monoisotopic (exact) mass is 353 g/mol. The van der Waals surface area contributed by atoms with E-state index < -0.39 is 0 Å². The Morgan fingerprint density at radius 1 is 1.23 bits per heavy atom. The molecule has 2 N–H and O–H groups in total. The second-order valence-corrected chi connectivity index (χ2v) is 7.35. The summed E-state index contributed by atoms with van der Waals surface area (Å²) in [5.74, 6) is 0.882. The van der Waals surface area contributed by atoms with E-state index in [0.717, 1.165) is 24.7 Å². The van der Waals surface area contributed by atoms with E-state index in [1.165, 1.54) is 36.8 Å². The van der Waals surface area contributed by atoms with Crippen molar-refractivity contribution in [3.8, 4) is 0 Å². The van der Waals surface area contributed by atoms with Gasteiger partial charge in [-0.05, 0) is 38.3 Å². The molecule has 5 nitrogen and oxygen atoms in total. The lowest BCUT2D eigenvalue weighted by atomic mass is 9.78. The lowest BCUT2D eigenvalue weighted by Gasteiger charge is -2.31. The smallest absolute Gasteiger partial charge is 0.191 e. The van der Waals surface area contributed by atoms with E-state index in [1.807, 2.05) is 24.0 Å². The molecule has 0 amide bonds. The van der Waals surface area contributed by atoms with Crippen LogP contribution < -0.4 is 10.6 Å². The number of aryl methyl sites for hydroxylation is 2. The number of hydrogen-bond donors (Lipinski definition) is 2. The molecule has 1 aromatic carbocycles. The highest BCUT2D eigenvalue weighted by Crippen LogP contribution is 2.40. The minimum absolute atomic E-state index is 0.217. The van der Waals surface area contributed by atoms with Crippen molar-refractivity contribution in [3.05, 3.63) is 53.3 Å². The van der Waals surface area contributed by atoms with E-state index in [9.17, 15) is 0 Å². The Morgan fingerprint density at radius 2 is 2.04 bits per heavy atom. The number of nitrogens with one attached hydrogen (secondary N) is 2. The van der Waals surface area contributed by atoms with Crippen LogP contribution in [0.25, 0.3) is 0 Å². The van der Waals surface area contributed by atoms with Crippen LogP contribution in [0.15, 0.2) is 41.5 Å². The Kier molecular flexibility index (Phi) is 5.96. The quantitative estimate of drug-likeness (QED) is 0.619. The molecule has 0 atom stereocenters. The third kappa shape index (κ3) is 4.26. The highest BCUT2D eigenvalue weighted by molar-refractivity contribution is 5.79. The van der Waals surface area contributed by atoms with E-state index in [0.29, 0.717) is 6.54 Å². The van der Waals surface area contributed by atoms with Gasteiger partial charge in [-0.1, -0.05) is 42.7 Å². The number of benzene rings is 1. The Hall–Kier alpha value is -2.30. The summed E-state index contributed by atoms with van der Waals surface area (Å²) in [6.45, 7) is 6.69. The SMILES string of the molecule is CCNC(=NCc1ccnn1C)NCC1(c2cccc(C)c2)CCCC1. The summed E-state index contributed by atoms with van der Waals surface area (Å²) >= 11 is 0. The zero-order valence-electron chi connectivity index (χ0n) is 16.3. The minimum Gasteiger partial charge on any atom is -0.357 e. The maximum atomic E-state index is 4.75. The third-order valence-corrected chi connectivity index (χ3v) is 5.45. The fraction of sp³-hybridized carbons (Fsp3) is 0.524.